The van der Waals surface area contributed by atoms with Crippen molar-refractivity contribution >= 4 is 21.8 Å². The number of hydrogen-bond acceptors (Lipinski definition) is 5. The molecule has 2 aromatic rings. The number of nitriles is 1. The van der Waals surface area contributed by atoms with Crippen LogP contribution in [0.15, 0.2) is 46.9 Å². The zero-order valence-corrected chi connectivity index (χ0v) is 19.6. The highest BCUT2D eigenvalue weighted by Crippen LogP contribution is 2.40. The van der Waals surface area contributed by atoms with Gasteiger partial charge in [0.1, 0.15) is 11.4 Å². The van der Waals surface area contributed by atoms with Gasteiger partial charge in [-0.2, -0.15) is 5.26 Å². The lowest BCUT2D eigenvalue weighted by atomic mass is 9.89. The molecule has 3 rings (SSSR count). The van der Waals surface area contributed by atoms with Crippen LogP contribution in [0.5, 0.6) is 5.75 Å². The van der Waals surface area contributed by atoms with Crippen LogP contribution in [0.2, 0.25) is 0 Å². The number of nitrogens with one attached hydrogen (secondary N) is 2. The van der Waals surface area contributed by atoms with Crippen molar-refractivity contribution in [2.24, 2.45) is 0 Å². The van der Waals surface area contributed by atoms with Crippen LogP contribution in [0.25, 0.3) is 0 Å². The van der Waals surface area contributed by atoms with Crippen molar-refractivity contribution in [1.82, 2.24) is 10.6 Å². The van der Waals surface area contributed by atoms with E-state index in [0.717, 1.165) is 27.8 Å². The van der Waals surface area contributed by atoms with Gasteiger partial charge in [0.05, 0.1) is 23.8 Å². The van der Waals surface area contributed by atoms with Gasteiger partial charge < -0.3 is 20.5 Å². The summed E-state index contributed by atoms with van der Waals surface area (Å²) in [7, 11) is 0. The SMILES string of the molecule is CC(=O)N[C@@H](Cc1cccc(C#N)c1)[C@H](O)CN[C@H]1CC(C)(C)Oc2ccc(Br)cc21. The topological polar surface area (TPSA) is 94.4 Å². The molecule has 2 aromatic carbocycles. The number of carbonyl (C=O) groups is 1. The summed E-state index contributed by atoms with van der Waals surface area (Å²) >= 11 is 3.52. The summed E-state index contributed by atoms with van der Waals surface area (Å²) in [5, 5.41) is 26.4. The lowest BCUT2D eigenvalue weighted by Gasteiger charge is -2.38. The third-order valence-electron chi connectivity index (χ3n) is 5.37. The maximum Gasteiger partial charge on any atom is 0.217 e. The number of hydrogen-bond donors (Lipinski definition) is 3. The average Bonchev–Trinajstić information content (AvgIpc) is 2.71. The zero-order valence-electron chi connectivity index (χ0n) is 18.0. The van der Waals surface area contributed by atoms with Crippen LogP contribution < -0.4 is 15.4 Å². The molecule has 0 aromatic heterocycles. The van der Waals surface area contributed by atoms with E-state index in [4.69, 9.17) is 10.00 Å². The Morgan fingerprint density at radius 2 is 2.13 bits per heavy atom. The first-order valence-electron chi connectivity index (χ1n) is 10.3. The van der Waals surface area contributed by atoms with Crippen LogP contribution >= 0.6 is 15.9 Å². The number of benzene rings is 2. The minimum absolute atomic E-state index is 0.00537. The van der Waals surface area contributed by atoms with Gasteiger partial charge in [-0.25, -0.2) is 0 Å². The second-order valence-electron chi connectivity index (χ2n) is 8.60. The molecular formula is C24H28BrN3O3. The molecule has 6 nitrogen and oxygen atoms in total. The van der Waals surface area contributed by atoms with E-state index in [-0.39, 0.29) is 17.6 Å². The van der Waals surface area contributed by atoms with Crippen LogP contribution in [0.4, 0.5) is 0 Å². The van der Waals surface area contributed by atoms with E-state index in [2.05, 4.69) is 32.6 Å². The number of aliphatic hydroxyl groups excluding tert-OH is 1. The third-order valence-corrected chi connectivity index (χ3v) is 5.86. The van der Waals surface area contributed by atoms with E-state index in [1.54, 1.807) is 12.1 Å². The minimum Gasteiger partial charge on any atom is -0.487 e. The van der Waals surface area contributed by atoms with Crippen LogP contribution in [0.3, 0.4) is 0 Å². The molecule has 0 fully saturated rings. The standard InChI is InChI=1S/C24H28BrN3O3/c1-15(29)28-20(10-16-5-4-6-17(9-16)13-26)22(30)14-27-21-12-24(2,3)31-23-8-7-18(25)11-19(21)23/h4-9,11,20-22,27,30H,10,12,14H2,1-3H3,(H,28,29)/t20-,21-,22+/m0/s1. The van der Waals surface area contributed by atoms with Gasteiger partial charge in [-0.3, -0.25) is 4.79 Å². The van der Waals surface area contributed by atoms with E-state index in [1.807, 2.05) is 44.2 Å². The van der Waals surface area contributed by atoms with E-state index in [9.17, 15) is 9.90 Å². The maximum atomic E-state index is 11.7. The zero-order chi connectivity index (χ0) is 22.6. The predicted molar refractivity (Wildman–Crippen MR) is 123 cm³/mol. The number of amides is 1. The predicted octanol–water partition coefficient (Wildman–Crippen LogP) is 3.62. The Kier molecular flexibility index (Phi) is 7.37. The molecule has 0 aliphatic carbocycles. The van der Waals surface area contributed by atoms with Crippen LogP contribution in [-0.4, -0.2) is 35.3 Å². The summed E-state index contributed by atoms with van der Waals surface area (Å²) in [6.45, 7) is 5.83. The highest BCUT2D eigenvalue weighted by atomic mass is 79.9. The van der Waals surface area contributed by atoms with E-state index >= 15 is 0 Å². The number of nitrogens with zero attached hydrogens (tertiary/aromatic N) is 1. The fourth-order valence-electron chi connectivity index (χ4n) is 3.98. The largest absolute Gasteiger partial charge is 0.487 e. The highest BCUT2D eigenvalue weighted by Gasteiger charge is 2.34. The van der Waals surface area contributed by atoms with Gasteiger partial charge in [-0.05, 0) is 56.2 Å². The van der Waals surface area contributed by atoms with E-state index < -0.39 is 12.1 Å². The molecule has 7 heteroatoms. The van der Waals surface area contributed by atoms with Crippen molar-refractivity contribution in [2.75, 3.05) is 6.54 Å². The minimum atomic E-state index is -0.809. The smallest absolute Gasteiger partial charge is 0.217 e. The molecule has 1 aliphatic heterocycles. The number of fused-ring (bicyclic) bond motifs is 1. The van der Waals surface area contributed by atoms with Crippen LogP contribution in [-0.2, 0) is 11.2 Å². The van der Waals surface area contributed by atoms with Gasteiger partial charge >= 0.3 is 0 Å². The third kappa shape index (κ3) is 6.30. The molecule has 3 atom stereocenters. The highest BCUT2D eigenvalue weighted by molar-refractivity contribution is 9.10. The van der Waals surface area contributed by atoms with Gasteiger partial charge in [0, 0.05) is 36.0 Å². The average molecular weight is 486 g/mol. The van der Waals surface area contributed by atoms with E-state index in [1.165, 1.54) is 6.92 Å². The van der Waals surface area contributed by atoms with Crippen LogP contribution in [0.1, 0.15) is 49.9 Å². The molecule has 31 heavy (non-hydrogen) atoms. The summed E-state index contributed by atoms with van der Waals surface area (Å²) in [4.78, 5) is 11.7. The van der Waals surface area contributed by atoms with Gasteiger partial charge in [0.15, 0.2) is 0 Å². The van der Waals surface area contributed by atoms with Gasteiger partial charge in [-0.15, -0.1) is 0 Å². The van der Waals surface area contributed by atoms with Crippen molar-refractivity contribution in [1.29, 1.82) is 5.26 Å². The lowest BCUT2D eigenvalue weighted by molar-refractivity contribution is -0.120. The Bertz CT molecular complexity index is 986. The number of aliphatic hydroxyl groups is 1. The van der Waals surface area contributed by atoms with Crippen molar-refractivity contribution in [2.45, 2.75) is 57.4 Å². The first kappa shape index (κ1) is 23.3. The number of halogens is 1. The lowest BCUT2D eigenvalue weighted by Crippen LogP contribution is -2.49. The maximum absolute atomic E-state index is 11.7. The Labute approximate surface area is 191 Å². The van der Waals surface area contributed by atoms with Gasteiger partial charge in [-0.1, -0.05) is 28.1 Å². The van der Waals surface area contributed by atoms with Crippen molar-refractivity contribution < 1.29 is 14.6 Å². The molecule has 0 radical (unpaired) electrons. The molecular weight excluding hydrogens is 458 g/mol. The summed E-state index contributed by atoms with van der Waals surface area (Å²) in [5.41, 5.74) is 2.15. The van der Waals surface area contributed by atoms with Gasteiger partial charge in [0.2, 0.25) is 5.91 Å². The molecule has 1 heterocycles. The van der Waals surface area contributed by atoms with Gasteiger partial charge in [0.25, 0.3) is 0 Å². The van der Waals surface area contributed by atoms with Crippen LogP contribution in [0, 0.1) is 11.3 Å². The molecule has 1 aliphatic rings. The first-order valence-corrected chi connectivity index (χ1v) is 11.1. The summed E-state index contributed by atoms with van der Waals surface area (Å²) in [6, 6.07) is 14.8. The molecule has 1 amide bonds. The quantitative estimate of drug-likeness (QED) is 0.556. The Balaban J connectivity index is 1.73. The fraction of sp³-hybridized carbons (Fsp3) is 0.417. The number of rotatable bonds is 7. The Morgan fingerprint density at radius 1 is 1.35 bits per heavy atom. The van der Waals surface area contributed by atoms with E-state index in [0.29, 0.717) is 18.5 Å². The fourth-order valence-corrected chi connectivity index (χ4v) is 4.36. The molecule has 0 bridgehead atoms. The normalized spacial score (nSPS) is 18.8. The molecule has 3 N–H and O–H groups in total. The molecule has 0 unspecified atom stereocenters. The summed E-state index contributed by atoms with van der Waals surface area (Å²) < 4.78 is 7.07. The first-order chi connectivity index (χ1) is 14.7. The molecule has 0 saturated carbocycles. The van der Waals surface area contributed by atoms with Crippen molar-refractivity contribution in [3.8, 4) is 11.8 Å². The second kappa shape index (κ2) is 9.82. The monoisotopic (exact) mass is 485 g/mol. The summed E-state index contributed by atoms with van der Waals surface area (Å²) in [6.07, 6.45) is 0.369. The second-order valence-corrected chi connectivity index (χ2v) is 9.52. The van der Waals surface area contributed by atoms with Crippen molar-refractivity contribution in [3.63, 3.8) is 0 Å². The Morgan fingerprint density at radius 3 is 2.84 bits per heavy atom. The van der Waals surface area contributed by atoms with Crippen molar-refractivity contribution in [3.05, 3.63) is 63.6 Å². The Hall–Kier alpha value is -2.40. The summed E-state index contributed by atoms with van der Waals surface area (Å²) in [5.74, 6) is 0.625. The number of carbonyl (C=O) groups excluding carboxylic acids is 1. The number of ether oxygens (including phenoxy) is 1. The molecule has 164 valence electrons. The molecule has 0 saturated heterocycles. The molecule has 0 spiro atoms.